The van der Waals surface area contributed by atoms with Crippen molar-refractivity contribution in [2.45, 2.75) is 4.43 Å². The first-order valence-corrected chi connectivity index (χ1v) is 5.06. The smallest absolute Gasteiger partial charge is 0.124 e. The summed E-state index contributed by atoms with van der Waals surface area (Å²) in [6.07, 6.45) is 0. The zero-order valence-corrected chi connectivity index (χ0v) is 9.02. The lowest BCUT2D eigenvalue weighted by atomic mass is 10.2. The van der Waals surface area contributed by atoms with Crippen molar-refractivity contribution >= 4 is 34.2 Å². The molecule has 0 N–H and O–H groups in total. The van der Waals surface area contributed by atoms with Crippen LogP contribution in [0, 0.1) is 0 Å². The Labute approximate surface area is 84.8 Å². The lowest BCUT2D eigenvalue weighted by Gasteiger charge is -2.04. The molecule has 1 rings (SSSR count). The summed E-state index contributed by atoms with van der Waals surface area (Å²) in [4.78, 5) is 0. The number of hydrogen-bond acceptors (Lipinski definition) is 1. The van der Waals surface area contributed by atoms with Gasteiger partial charge in [-0.05, 0) is 12.1 Å². The number of methoxy groups -OCH3 is 1. The van der Waals surface area contributed by atoms with E-state index in [0.29, 0.717) is 0 Å². The molecule has 1 aromatic rings. The van der Waals surface area contributed by atoms with Gasteiger partial charge in [0, 0.05) is 15.0 Å². The van der Waals surface area contributed by atoms with Crippen LogP contribution >= 0.6 is 34.2 Å². The fraction of sp³-hybridized carbons (Fsp3) is 0.250. The molecule has 0 aliphatic heterocycles. The van der Waals surface area contributed by atoms with Crippen molar-refractivity contribution in [1.29, 1.82) is 0 Å². The van der Waals surface area contributed by atoms with E-state index in [-0.39, 0.29) is 0 Å². The van der Waals surface area contributed by atoms with Gasteiger partial charge in [0.2, 0.25) is 0 Å². The third-order valence-electron chi connectivity index (χ3n) is 1.39. The van der Waals surface area contributed by atoms with Crippen LogP contribution in [0.15, 0.2) is 18.2 Å². The van der Waals surface area contributed by atoms with Crippen LogP contribution in [-0.2, 0) is 4.43 Å². The molecule has 60 valence electrons. The van der Waals surface area contributed by atoms with E-state index in [9.17, 15) is 0 Å². The maximum absolute atomic E-state index is 5.77. The topological polar surface area (TPSA) is 9.23 Å². The standard InChI is InChI=1S/C8H8ClIO/c1-11-8-4-7(9)3-2-6(8)5-10/h2-4H,5H2,1H3. The third kappa shape index (κ3) is 2.24. The van der Waals surface area contributed by atoms with Crippen LogP contribution in [0.4, 0.5) is 0 Å². The Morgan fingerprint density at radius 3 is 2.82 bits per heavy atom. The van der Waals surface area contributed by atoms with Gasteiger partial charge in [-0.15, -0.1) is 0 Å². The highest BCUT2D eigenvalue weighted by atomic mass is 127. The van der Waals surface area contributed by atoms with Crippen molar-refractivity contribution in [2.24, 2.45) is 0 Å². The van der Waals surface area contributed by atoms with Gasteiger partial charge in [-0.2, -0.15) is 0 Å². The van der Waals surface area contributed by atoms with E-state index in [1.54, 1.807) is 7.11 Å². The van der Waals surface area contributed by atoms with Gasteiger partial charge in [0.25, 0.3) is 0 Å². The lowest BCUT2D eigenvalue weighted by molar-refractivity contribution is 0.411. The fourth-order valence-corrected chi connectivity index (χ4v) is 1.62. The van der Waals surface area contributed by atoms with Gasteiger partial charge in [0.15, 0.2) is 0 Å². The summed E-state index contributed by atoms with van der Waals surface area (Å²) >= 11 is 8.06. The molecule has 11 heavy (non-hydrogen) atoms. The van der Waals surface area contributed by atoms with E-state index in [2.05, 4.69) is 22.6 Å². The van der Waals surface area contributed by atoms with Gasteiger partial charge >= 0.3 is 0 Å². The van der Waals surface area contributed by atoms with Crippen LogP contribution < -0.4 is 4.74 Å². The number of halogens is 2. The molecule has 0 saturated heterocycles. The van der Waals surface area contributed by atoms with Crippen LogP contribution in [0.1, 0.15) is 5.56 Å². The van der Waals surface area contributed by atoms with Crippen LogP contribution in [0.25, 0.3) is 0 Å². The SMILES string of the molecule is COc1cc(Cl)ccc1CI. The Bertz CT molecular complexity index is 250. The van der Waals surface area contributed by atoms with Crippen molar-refractivity contribution in [3.05, 3.63) is 28.8 Å². The van der Waals surface area contributed by atoms with Gasteiger partial charge in [0.1, 0.15) is 5.75 Å². The van der Waals surface area contributed by atoms with Crippen LogP contribution in [0.3, 0.4) is 0 Å². The second kappa shape index (κ2) is 4.16. The molecule has 0 atom stereocenters. The molecule has 0 aliphatic rings. The Balaban J connectivity index is 3.06. The molecule has 3 heteroatoms. The van der Waals surface area contributed by atoms with E-state index in [0.717, 1.165) is 15.2 Å². The van der Waals surface area contributed by atoms with E-state index < -0.39 is 0 Å². The highest BCUT2D eigenvalue weighted by molar-refractivity contribution is 14.1. The number of hydrogen-bond donors (Lipinski definition) is 0. The van der Waals surface area contributed by atoms with Crippen molar-refractivity contribution in [2.75, 3.05) is 7.11 Å². The average Bonchev–Trinajstić information content (AvgIpc) is 2.04. The predicted octanol–water partition coefficient (Wildman–Crippen LogP) is 3.28. The molecule has 0 aromatic heterocycles. The minimum atomic E-state index is 0.718. The van der Waals surface area contributed by atoms with Gasteiger partial charge < -0.3 is 4.74 Å². The summed E-state index contributed by atoms with van der Waals surface area (Å²) in [6, 6.07) is 5.68. The zero-order chi connectivity index (χ0) is 8.27. The van der Waals surface area contributed by atoms with Crippen LogP contribution in [0.5, 0.6) is 5.75 Å². The second-order valence-corrected chi connectivity index (χ2v) is 3.29. The minimum absolute atomic E-state index is 0.718. The molecule has 0 unspecified atom stereocenters. The molecule has 0 amide bonds. The predicted molar refractivity (Wildman–Crippen MR) is 55.7 cm³/mol. The number of ether oxygens (including phenoxy) is 1. The zero-order valence-electron chi connectivity index (χ0n) is 6.10. The van der Waals surface area contributed by atoms with E-state index in [4.69, 9.17) is 16.3 Å². The van der Waals surface area contributed by atoms with Crippen molar-refractivity contribution in [3.63, 3.8) is 0 Å². The highest BCUT2D eigenvalue weighted by Crippen LogP contribution is 2.24. The molecule has 0 spiro atoms. The molecule has 0 bridgehead atoms. The molecule has 0 saturated carbocycles. The first-order valence-electron chi connectivity index (χ1n) is 3.16. The maximum atomic E-state index is 5.77. The molecule has 1 nitrogen and oxygen atoms in total. The average molecular weight is 283 g/mol. The largest absolute Gasteiger partial charge is 0.496 e. The van der Waals surface area contributed by atoms with Gasteiger partial charge in [-0.25, -0.2) is 0 Å². The van der Waals surface area contributed by atoms with Crippen LogP contribution in [0.2, 0.25) is 5.02 Å². The van der Waals surface area contributed by atoms with Crippen molar-refractivity contribution in [1.82, 2.24) is 0 Å². The summed E-state index contributed by atoms with van der Waals surface area (Å²) in [6.45, 7) is 0. The highest BCUT2D eigenvalue weighted by Gasteiger charge is 2.00. The molecular formula is C8H8ClIO. The Hall–Kier alpha value is 0.0400. The quantitative estimate of drug-likeness (QED) is 0.597. The monoisotopic (exact) mass is 282 g/mol. The molecular weight excluding hydrogens is 274 g/mol. The molecule has 0 radical (unpaired) electrons. The Morgan fingerprint density at radius 1 is 1.55 bits per heavy atom. The van der Waals surface area contributed by atoms with E-state index in [1.807, 2.05) is 18.2 Å². The number of rotatable bonds is 2. The van der Waals surface area contributed by atoms with Crippen molar-refractivity contribution in [3.8, 4) is 5.75 Å². The maximum Gasteiger partial charge on any atom is 0.124 e. The third-order valence-corrected chi connectivity index (χ3v) is 2.45. The summed E-state index contributed by atoms with van der Waals surface area (Å²) < 4.78 is 6.07. The minimum Gasteiger partial charge on any atom is -0.496 e. The molecule has 1 aromatic carbocycles. The fourth-order valence-electron chi connectivity index (χ4n) is 0.829. The van der Waals surface area contributed by atoms with Gasteiger partial charge in [-0.1, -0.05) is 40.3 Å². The number of alkyl halides is 1. The molecule has 0 fully saturated rings. The summed E-state index contributed by atoms with van der Waals surface area (Å²) in [7, 11) is 1.65. The van der Waals surface area contributed by atoms with Crippen molar-refractivity contribution < 1.29 is 4.74 Å². The lowest BCUT2D eigenvalue weighted by Crippen LogP contribution is -1.88. The first kappa shape index (κ1) is 9.13. The van der Waals surface area contributed by atoms with Crippen LogP contribution in [-0.4, -0.2) is 7.11 Å². The Morgan fingerprint density at radius 2 is 2.27 bits per heavy atom. The van der Waals surface area contributed by atoms with E-state index in [1.165, 1.54) is 5.56 Å². The summed E-state index contributed by atoms with van der Waals surface area (Å²) in [5, 5.41) is 0.718. The summed E-state index contributed by atoms with van der Waals surface area (Å²) in [5.41, 5.74) is 1.18. The Kier molecular flexibility index (Phi) is 3.45. The normalized spacial score (nSPS) is 9.73. The molecule has 0 aliphatic carbocycles. The number of benzene rings is 1. The summed E-state index contributed by atoms with van der Waals surface area (Å²) in [5.74, 6) is 0.868. The van der Waals surface area contributed by atoms with E-state index >= 15 is 0 Å². The first-order chi connectivity index (χ1) is 5.27. The second-order valence-electron chi connectivity index (χ2n) is 2.09. The van der Waals surface area contributed by atoms with Gasteiger partial charge in [-0.3, -0.25) is 0 Å². The molecule has 0 heterocycles. The van der Waals surface area contributed by atoms with Gasteiger partial charge in [0.05, 0.1) is 7.11 Å².